The van der Waals surface area contributed by atoms with E-state index in [-0.39, 0.29) is 13.4 Å². The molecule has 4 nitrogen and oxygen atoms in total. The highest BCUT2D eigenvalue weighted by atomic mass is 16.2. The highest BCUT2D eigenvalue weighted by Crippen LogP contribution is 1.94. The molecule has 19 heavy (non-hydrogen) atoms. The topological polar surface area (TPSA) is 61.4 Å². The Labute approximate surface area is 115 Å². The minimum absolute atomic E-state index is 0.0620. The number of hydrogen-bond acceptors (Lipinski definition) is 3. The average Bonchev–Trinajstić information content (AvgIpc) is 2.42. The first kappa shape index (κ1) is 15.5. The van der Waals surface area contributed by atoms with Crippen LogP contribution in [0.25, 0.3) is 0 Å². The Morgan fingerprint density at radius 2 is 2.11 bits per heavy atom. The molecule has 0 saturated carbocycles. The third-order valence-electron chi connectivity index (χ3n) is 2.81. The SMILES string of the molecule is C=C(C)C(=O)NCCCNCc1ccccc1BO. The molecule has 0 saturated heterocycles. The average molecular weight is 260 g/mol. The van der Waals surface area contributed by atoms with E-state index in [1.165, 1.54) is 0 Å². The van der Waals surface area contributed by atoms with Gasteiger partial charge in [0.1, 0.15) is 0 Å². The molecule has 1 rings (SSSR count). The summed E-state index contributed by atoms with van der Waals surface area (Å²) in [6.07, 6.45) is 0.861. The van der Waals surface area contributed by atoms with E-state index in [9.17, 15) is 9.82 Å². The van der Waals surface area contributed by atoms with Gasteiger partial charge in [-0.2, -0.15) is 0 Å². The Hall–Kier alpha value is -1.59. The highest BCUT2D eigenvalue weighted by molar-refractivity contribution is 6.46. The molecule has 1 amide bonds. The minimum Gasteiger partial charge on any atom is -0.449 e. The lowest BCUT2D eigenvalue weighted by Gasteiger charge is -2.09. The summed E-state index contributed by atoms with van der Waals surface area (Å²) in [4.78, 5) is 11.2. The molecule has 0 heterocycles. The standard InChI is InChI=1S/C14H21BN2O2/c1-11(2)14(18)17-9-5-8-16-10-12-6-3-4-7-13(12)15-19/h3-4,6-7,15-16,19H,1,5,8-10H2,2H3,(H,17,18). The van der Waals surface area contributed by atoms with Crippen LogP contribution in [0.1, 0.15) is 18.9 Å². The molecule has 0 unspecified atom stereocenters. The Morgan fingerprint density at radius 3 is 2.79 bits per heavy atom. The minimum atomic E-state index is -0.0920. The van der Waals surface area contributed by atoms with E-state index < -0.39 is 0 Å². The van der Waals surface area contributed by atoms with Gasteiger partial charge in [-0.15, -0.1) is 0 Å². The molecule has 0 radical (unpaired) electrons. The normalized spacial score (nSPS) is 10.0. The van der Waals surface area contributed by atoms with Crippen molar-refractivity contribution in [3.63, 3.8) is 0 Å². The molecule has 0 aliphatic heterocycles. The number of amides is 1. The van der Waals surface area contributed by atoms with Gasteiger partial charge in [0.05, 0.1) is 0 Å². The zero-order valence-corrected chi connectivity index (χ0v) is 11.4. The molecule has 0 aliphatic rings. The Bertz CT molecular complexity index is 435. The molecule has 0 atom stereocenters. The Morgan fingerprint density at radius 1 is 1.37 bits per heavy atom. The molecule has 0 bridgehead atoms. The summed E-state index contributed by atoms with van der Waals surface area (Å²) in [5.41, 5.74) is 2.59. The van der Waals surface area contributed by atoms with Crippen LogP contribution >= 0.6 is 0 Å². The van der Waals surface area contributed by atoms with Gasteiger partial charge in [0.2, 0.25) is 5.91 Å². The molecule has 0 fully saturated rings. The van der Waals surface area contributed by atoms with Crippen LogP contribution in [-0.2, 0) is 11.3 Å². The highest BCUT2D eigenvalue weighted by Gasteiger charge is 2.02. The van der Waals surface area contributed by atoms with Crippen LogP contribution in [0.2, 0.25) is 0 Å². The third-order valence-corrected chi connectivity index (χ3v) is 2.81. The summed E-state index contributed by atoms with van der Waals surface area (Å²) in [5.74, 6) is -0.0920. The van der Waals surface area contributed by atoms with Gasteiger partial charge in [0.15, 0.2) is 0 Å². The van der Waals surface area contributed by atoms with Crippen LogP contribution in [0.3, 0.4) is 0 Å². The molecule has 102 valence electrons. The second-order valence-electron chi connectivity index (χ2n) is 4.49. The van der Waals surface area contributed by atoms with Gasteiger partial charge in [-0.3, -0.25) is 4.79 Å². The number of benzene rings is 1. The van der Waals surface area contributed by atoms with Gasteiger partial charge in [0, 0.05) is 18.7 Å². The number of carbonyl (C=O) groups excluding carboxylic acids is 1. The van der Waals surface area contributed by atoms with E-state index in [0.29, 0.717) is 12.1 Å². The van der Waals surface area contributed by atoms with Crippen LogP contribution in [-0.4, -0.2) is 31.5 Å². The Balaban J connectivity index is 2.17. The number of rotatable bonds is 8. The predicted molar refractivity (Wildman–Crippen MR) is 79.6 cm³/mol. The Kier molecular flexibility index (Phi) is 6.93. The fourth-order valence-corrected chi connectivity index (χ4v) is 1.67. The van der Waals surface area contributed by atoms with Crippen molar-refractivity contribution in [2.45, 2.75) is 19.9 Å². The lowest BCUT2D eigenvalue weighted by molar-refractivity contribution is -0.117. The number of hydrogen-bond donors (Lipinski definition) is 3. The van der Waals surface area contributed by atoms with E-state index in [2.05, 4.69) is 17.2 Å². The molecule has 0 aliphatic carbocycles. The van der Waals surface area contributed by atoms with Crippen LogP contribution in [0.4, 0.5) is 0 Å². The molecule has 1 aromatic rings. The van der Waals surface area contributed by atoms with E-state index in [0.717, 1.165) is 30.5 Å². The second-order valence-corrected chi connectivity index (χ2v) is 4.49. The van der Waals surface area contributed by atoms with Crippen molar-refractivity contribution in [1.82, 2.24) is 10.6 Å². The molecular weight excluding hydrogens is 239 g/mol. The first-order valence-corrected chi connectivity index (χ1v) is 6.47. The van der Waals surface area contributed by atoms with E-state index >= 15 is 0 Å². The lowest BCUT2D eigenvalue weighted by Crippen LogP contribution is -2.28. The fourth-order valence-electron chi connectivity index (χ4n) is 1.67. The van der Waals surface area contributed by atoms with E-state index in [4.69, 9.17) is 0 Å². The van der Waals surface area contributed by atoms with Gasteiger partial charge in [-0.25, -0.2) is 0 Å². The van der Waals surface area contributed by atoms with Crippen LogP contribution < -0.4 is 16.1 Å². The van der Waals surface area contributed by atoms with Crippen molar-refractivity contribution < 1.29 is 9.82 Å². The summed E-state index contributed by atoms with van der Waals surface area (Å²) in [7, 11) is 0.0620. The van der Waals surface area contributed by atoms with E-state index in [1.54, 1.807) is 6.92 Å². The lowest BCUT2D eigenvalue weighted by atomic mass is 9.84. The summed E-state index contributed by atoms with van der Waals surface area (Å²) in [5, 5.41) is 15.3. The van der Waals surface area contributed by atoms with Crippen molar-refractivity contribution >= 4 is 18.9 Å². The smallest absolute Gasteiger partial charge is 0.305 e. The maximum atomic E-state index is 11.2. The maximum Gasteiger partial charge on any atom is 0.305 e. The number of carbonyl (C=O) groups is 1. The van der Waals surface area contributed by atoms with Crippen molar-refractivity contribution in [3.8, 4) is 0 Å². The van der Waals surface area contributed by atoms with Crippen molar-refractivity contribution in [3.05, 3.63) is 42.0 Å². The molecular formula is C14H21BN2O2. The van der Waals surface area contributed by atoms with Crippen molar-refractivity contribution in [1.29, 1.82) is 0 Å². The van der Waals surface area contributed by atoms with E-state index in [1.807, 2.05) is 24.3 Å². The molecule has 3 N–H and O–H groups in total. The van der Waals surface area contributed by atoms with Crippen LogP contribution in [0.15, 0.2) is 36.4 Å². The summed E-state index contributed by atoms with van der Waals surface area (Å²) in [6.45, 7) is 7.45. The van der Waals surface area contributed by atoms with Crippen molar-refractivity contribution in [2.75, 3.05) is 13.1 Å². The zero-order chi connectivity index (χ0) is 14.1. The molecule has 5 heteroatoms. The first-order chi connectivity index (χ1) is 9.15. The van der Waals surface area contributed by atoms with Crippen LogP contribution in [0.5, 0.6) is 0 Å². The van der Waals surface area contributed by atoms with Crippen molar-refractivity contribution in [2.24, 2.45) is 0 Å². The van der Waals surface area contributed by atoms with Gasteiger partial charge in [-0.05, 0) is 30.9 Å². The monoisotopic (exact) mass is 260 g/mol. The molecule has 0 spiro atoms. The fraction of sp³-hybridized carbons (Fsp3) is 0.357. The molecule has 1 aromatic carbocycles. The van der Waals surface area contributed by atoms with Gasteiger partial charge in [0.25, 0.3) is 0 Å². The second kappa shape index (κ2) is 8.51. The quantitative estimate of drug-likeness (QED) is 0.345. The van der Waals surface area contributed by atoms with Gasteiger partial charge in [-0.1, -0.05) is 30.8 Å². The largest absolute Gasteiger partial charge is 0.449 e. The number of nitrogens with one attached hydrogen (secondary N) is 2. The summed E-state index contributed by atoms with van der Waals surface area (Å²) < 4.78 is 0. The third kappa shape index (κ3) is 5.72. The first-order valence-electron chi connectivity index (χ1n) is 6.47. The summed E-state index contributed by atoms with van der Waals surface area (Å²) in [6, 6.07) is 7.80. The summed E-state index contributed by atoms with van der Waals surface area (Å²) >= 11 is 0. The molecule has 0 aromatic heterocycles. The van der Waals surface area contributed by atoms with Crippen LogP contribution in [0, 0.1) is 0 Å². The van der Waals surface area contributed by atoms with Gasteiger partial charge >= 0.3 is 7.48 Å². The predicted octanol–water partition coefficient (Wildman–Crippen LogP) is -0.172. The maximum absolute atomic E-state index is 11.2. The zero-order valence-electron chi connectivity index (χ0n) is 11.4. The van der Waals surface area contributed by atoms with Gasteiger partial charge < -0.3 is 15.7 Å².